The van der Waals surface area contributed by atoms with Crippen molar-refractivity contribution < 1.29 is 5.11 Å². The summed E-state index contributed by atoms with van der Waals surface area (Å²) in [5, 5.41) is 12.3. The molecule has 1 aromatic heterocycles. The van der Waals surface area contributed by atoms with E-state index in [1.54, 1.807) is 13.1 Å². The van der Waals surface area contributed by atoms with Crippen LogP contribution in [-0.2, 0) is 0 Å². The molecule has 0 spiro atoms. The molecule has 1 aromatic rings. The molecule has 0 radical (unpaired) electrons. The first-order valence-electron chi connectivity index (χ1n) is 4.52. The van der Waals surface area contributed by atoms with Gasteiger partial charge in [0.15, 0.2) is 0 Å². The average molecular weight is 180 g/mol. The lowest BCUT2D eigenvalue weighted by Gasteiger charge is -2.09. The van der Waals surface area contributed by atoms with Crippen LogP contribution in [-0.4, -0.2) is 22.7 Å². The van der Waals surface area contributed by atoms with Crippen LogP contribution in [0.3, 0.4) is 0 Å². The minimum absolute atomic E-state index is 0.241. The summed E-state index contributed by atoms with van der Waals surface area (Å²) in [4.78, 5) is 4.00. The van der Waals surface area contributed by atoms with E-state index < -0.39 is 0 Å². The van der Waals surface area contributed by atoms with Gasteiger partial charge in [-0.2, -0.15) is 0 Å². The monoisotopic (exact) mass is 180 g/mol. The molecular formula is C10H16N2O. The quantitative estimate of drug-likeness (QED) is 0.739. The lowest BCUT2D eigenvalue weighted by Crippen LogP contribution is -2.10. The molecule has 2 N–H and O–H groups in total. The van der Waals surface area contributed by atoms with Gasteiger partial charge in [-0.3, -0.25) is 4.98 Å². The van der Waals surface area contributed by atoms with Crippen molar-refractivity contribution in [2.75, 3.05) is 11.9 Å². The van der Waals surface area contributed by atoms with Crippen LogP contribution in [0.15, 0.2) is 18.5 Å². The molecule has 1 unspecified atom stereocenters. The summed E-state index contributed by atoms with van der Waals surface area (Å²) in [6.45, 7) is 4.60. The van der Waals surface area contributed by atoms with Crippen molar-refractivity contribution in [1.29, 1.82) is 0 Å². The van der Waals surface area contributed by atoms with Crippen molar-refractivity contribution in [3.8, 4) is 0 Å². The zero-order chi connectivity index (χ0) is 9.68. The van der Waals surface area contributed by atoms with Crippen LogP contribution in [0, 0.1) is 6.92 Å². The maximum Gasteiger partial charge on any atom is 0.0528 e. The first-order chi connectivity index (χ1) is 6.20. The first-order valence-corrected chi connectivity index (χ1v) is 4.52. The van der Waals surface area contributed by atoms with E-state index >= 15 is 0 Å². The number of aryl methyl sites for hydroxylation is 1. The van der Waals surface area contributed by atoms with Crippen LogP contribution < -0.4 is 5.32 Å². The van der Waals surface area contributed by atoms with Crippen molar-refractivity contribution in [3.63, 3.8) is 0 Å². The topological polar surface area (TPSA) is 45.2 Å². The summed E-state index contributed by atoms with van der Waals surface area (Å²) in [5.41, 5.74) is 2.23. The van der Waals surface area contributed by atoms with Crippen LogP contribution in [0.1, 0.15) is 18.9 Å². The Bertz CT molecular complexity index is 261. The lowest BCUT2D eigenvalue weighted by atomic mass is 10.2. The molecule has 72 valence electrons. The fraction of sp³-hybridized carbons (Fsp3) is 0.500. The van der Waals surface area contributed by atoms with Gasteiger partial charge in [-0.25, -0.2) is 0 Å². The fourth-order valence-corrected chi connectivity index (χ4v) is 1.09. The van der Waals surface area contributed by atoms with E-state index in [2.05, 4.69) is 10.3 Å². The summed E-state index contributed by atoms with van der Waals surface area (Å²) < 4.78 is 0. The van der Waals surface area contributed by atoms with Crippen molar-refractivity contribution >= 4 is 5.69 Å². The highest BCUT2D eigenvalue weighted by molar-refractivity contribution is 5.48. The summed E-state index contributed by atoms with van der Waals surface area (Å²) in [5.74, 6) is 0. The average Bonchev–Trinajstić information content (AvgIpc) is 2.08. The Kier molecular flexibility index (Phi) is 3.71. The third kappa shape index (κ3) is 3.42. The number of aliphatic hydroxyl groups excluding tert-OH is 1. The predicted octanol–water partition coefficient (Wildman–Crippen LogP) is 1.57. The Morgan fingerprint density at radius 2 is 2.38 bits per heavy atom. The van der Waals surface area contributed by atoms with E-state index in [-0.39, 0.29) is 6.10 Å². The van der Waals surface area contributed by atoms with E-state index in [0.29, 0.717) is 0 Å². The molecule has 3 nitrogen and oxygen atoms in total. The van der Waals surface area contributed by atoms with Crippen LogP contribution in [0.4, 0.5) is 5.69 Å². The van der Waals surface area contributed by atoms with Gasteiger partial charge < -0.3 is 10.4 Å². The second kappa shape index (κ2) is 4.82. The van der Waals surface area contributed by atoms with Gasteiger partial charge in [-0.15, -0.1) is 0 Å². The van der Waals surface area contributed by atoms with Crippen LogP contribution in [0.5, 0.6) is 0 Å². The van der Waals surface area contributed by atoms with Gasteiger partial charge in [-0.05, 0) is 31.9 Å². The number of pyridine rings is 1. The number of nitrogens with zero attached hydrogens (tertiary/aromatic N) is 1. The standard InChI is InChI=1S/C10H16N2O/c1-8-7-11-5-4-10(8)12-6-3-9(2)13/h4-5,7,9,13H,3,6H2,1-2H3,(H,11,12). The Labute approximate surface area is 78.8 Å². The molecule has 0 fully saturated rings. The normalized spacial score (nSPS) is 12.5. The van der Waals surface area contributed by atoms with Gasteiger partial charge in [-0.1, -0.05) is 0 Å². The zero-order valence-corrected chi connectivity index (χ0v) is 8.12. The van der Waals surface area contributed by atoms with Gasteiger partial charge in [0.05, 0.1) is 6.10 Å². The summed E-state index contributed by atoms with van der Waals surface area (Å²) in [7, 11) is 0. The number of hydrogen-bond acceptors (Lipinski definition) is 3. The molecule has 0 aromatic carbocycles. The van der Waals surface area contributed by atoms with Gasteiger partial charge in [0.2, 0.25) is 0 Å². The van der Waals surface area contributed by atoms with Crippen molar-refractivity contribution in [2.24, 2.45) is 0 Å². The zero-order valence-electron chi connectivity index (χ0n) is 8.12. The molecule has 0 aliphatic rings. The number of aliphatic hydroxyl groups is 1. The molecule has 13 heavy (non-hydrogen) atoms. The van der Waals surface area contributed by atoms with E-state index in [9.17, 15) is 0 Å². The summed E-state index contributed by atoms with van der Waals surface area (Å²) >= 11 is 0. The van der Waals surface area contributed by atoms with Crippen LogP contribution >= 0.6 is 0 Å². The van der Waals surface area contributed by atoms with E-state index in [1.165, 1.54) is 0 Å². The summed E-state index contributed by atoms with van der Waals surface area (Å²) in [6, 6.07) is 1.94. The third-order valence-corrected chi connectivity index (χ3v) is 1.90. The van der Waals surface area contributed by atoms with Crippen LogP contribution in [0.25, 0.3) is 0 Å². The molecule has 0 aliphatic carbocycles. The molecular weight excluding hydrogens is 164 g/mol. The van der Waals surface area contributed by atoms with E-state index in [4.69, 9.17) is 5.11 Å². The van der Waals surface area contributed by atoms with E-state index in [1.807, 2.05) is 19.2 Å². The van der Waals surface area contributed by atoms with Gasteiger partial charge in [0.25, 0.3) is 0 Å². The SMILES string of the molecule is Cc1cnccc1NCCC(C)O. The smallest absolute Gasteiger partial charge is 0.0528 e. The fourth-order valence-electron chi connectivity index (χ4n) is 1.09. The van der Waals surface area contributed by atoms with Crippen molar-refractivity contribution in [3.05, 3.63) is 24.0 Å². The lowest BCUT2D eigenvalue weighted by molar-refractivity contribution is 0.189. The Balaban J connectivity index is 2.41. The highest BCUT2D eigenvalue weighted by Crippen LogP contribution is 2.11. The van der Waals surface area contributed by atoms with Gasteiger partial charge >= 0.3 is 0 Å². The van der Waals surface area contributed by atoms with Crippen molar-refractivity contribution in [2.45, 2.75) is 26.4 Å². The first kappa shape index (κ1) is 9.99. The molecule has 0 saturated heterocycles. The Morgan fingerprint density at radius 1 is 1.62 bits per heavy atom. The Hall–Kier alpha value is -1.09. The molecule has 0 saturated carbocycles. The third-order valence-electron chi connectivity index (χ3n) is 1.90. The van der Waals surface area contributed by atoms with Crippen LogP contribution in [0.2, 0.25) is 0 Å². The molecule has 1 atom stereocenters. The molecule has 3 heteroatoms. The minimum Gasteiger partial charge on any atom is -0.393 e. The Morgan fingerprint density at radius 3 is 3.00 bits per heavy atom. The predicted molar refractivity (Wildman–Crippen MR) is 53.8 cm³/mol. The molecule has 0 amide bonds. The molecule has 1 heterocycles. The van der Waals surface area contributed by atoms with Gasteiger partial charge in [0, 0.05) is 24.6 Å². The number of hydrogen-bond donors (Lipinski definition) is 2. The molecule has 0 bridgehead atoms. The molecule has 0 aliphatic heterocycles. The number of anilines is 1. The summed E-state index contributed by atoms with van der Waals surface area (Å²) in [6.07, 6.45) is 4.11. The minimum atomic E-state index is -0.241. The number of aromatic nitrogens is 1. The van der Waals surface area contributed by atoms with E-state index in [0.717, 1.165) is 24.2 Å². The maximum atomic E-state index is 9.05. The van der Waals surface area contributed by atoms with Crippen molar-refractivity contribution in [1.82, 2.24) is 4.98 Å². The second-order valence-corrected chi connectivity index (χ2v) is 3.26. The largest absolute Gasteiger partial charge is 0.393 e. The second-order valence-electron chi connectivity index (χ2n) is 3.26. The van der Waals surface area contributed by atoms with Gasteiger partial charge in [0.1, 0.15) is 0 Å². The number of nitrogens with one attached hydrogen (secondary N) is 1. The maximum absolute atomic E-state index is 9.05. The highest BCUT2D eigenvalue weighted by atomic mass is 16.3. The molecule has 1 rings (SSSR count). The highest BCUT2D eigenvalue weighted by Gasteiger charge is 1.97. The number of rotatable bonds is 4.